The summed E-state index contributed by atoms with van der Waals surface area (Å²) in [4.78, 5) is 8.17. The van der Waals surface area contributed by atoms with E-state index in [1.807, 2.05) is 16.8 Å². The molecule has 0 aliphatic rings. The van der Waals surface area contributed by atoms with Crippen LogP contribution in [0, 0.1) is 0 Å². The van der Waals surface area contributed by atoms with Gasteiger partial charge in [0, 0.05) is 12.4 Å². The molecule has 0 unspecified atom stereocenters. The lowest BCUT2D eigenvalue weighted by Crippen LogP contribution is -2.16. The maximum absolute atomic E-state index is 4.20. The van der Waals surface area contributed by atoms with Crippen molar-refractivity contribution in [3.8, 4) is 5.69 Å². The first-order valence-corrected chi connectivity index (χ1v) is 4.92. The molecular weight excluding hydrogens is 190 g/mol. The Morgan fingerprint density at radius 2 is 2.13 bits per heavy atom. The Morgan fingerprint density at radius 3 is 2.87 bits per heavy atom. The summed E-state index contributed by atoms with van der Waals surface area (Å²) in [5.74, 6) is 0.906. The summed E-state index contributed by atoms with van der Waals surface area (Å²) in [6, 6.07) is 3.81. The van der Waals surface area contributed by atoms with Crippen molar-refractivity contribution in [1.82, 2.24) is 25.1 Å². The van der Waals surface area contributed by atoms with E-state index in [-0.39, 0.29) is 0 Å². The van der Waals surface area contributed by atoms with Gasteiger partial charge in [0.25, 0.3) is 0 Å². The van der Waals surface area contributed by atoms with Gasteiger partial charge in [-0.25, -0.2) is 9.67 Å². The fourth-order valence-electron chi connectivity index (χ4n) is 1.32. The number of aromatic nitrogens is 4. The van der Waals surface area contributed by atoms with Crippen molar-refractivity contribution in [3.05, 3.63) is 36.7 Å². The Bertz CT molecular complexity index is 409. The minimum Gasteiger partial charge on any atom is -0.310 e. The Labute approximate surface area is 88.2 Å². The van der Waals surface area contributed by atoms with Crippen LogP contribution in [-0.4, -0.2) is 26.3 Å². The number of nitrogens with one attached hydrogen (secondary N) is 1. The van der Waals surface area contributed by atoms with Gasteiger partial charge in [-0.05, 0) is 18.7 Å². The van der Waals surface area contributed by atoms with Gasteiger partial charge in [-0.1, -0.05) is 6.92 Å². The van der Waals surface area contributed by atoms with Crippen molar-refractivity contribution in [2.24, 2.45) is 0 Å². The van der Waals surface area contributed by atoms with E-state index < -0.39 is 0 Å². The van der Waals surface area contributed by atoms with E-state index in [0.29, 0.717) is 0 Å². The number of nitrogens with zero attached hydrogens (tertiary/aromatic N) is 4. The molecule has 0 aromatic carbocycles. The highest BCUT2D eigenvalue weighted by Gasteiger charge is 2.04. The molecule has 0 atom stereocenters. The molecule has 0 aliphatic heterocycles. The fraction of sp³-hybridized carbons (Fsp3) is 0.300. The molecule has 15 heavy (non-hydrogen) atoms. The third-order valence-electron chi connectivity index (χ3n) is 2.06. The first kappa shape index (κ1) is 9.79. The van der Waals surface area contributed by atoms with Gasteiger partial charge in [0.1, 0.15) is 12.2 Å². The molecule has 0 saturated heterocycles. The second-order valence-electron chi connectivity index (χ2n) is 3.07. The van der Waals surface area contributed by atoms with Gasteiger partial charge in [0.2, 0.25) is 0 Å². The van der Waals surface area contributed by atoms with Crippen LogP contribution in [0.25, 0.3) is 5.69 Å². The first-order chi connectivity index (χ1) is 7.42. The quantitative estimate of drug-likeness (QED) is 0.797. The number of rotatable bonds is 4. The minimum atomic E-state index is 0.721. The summed E-state index contributed by atoms with van der Waals surface area (Å²) in [7, 11) is 0. The summed E-state index contributed by atoms with van der Waals surface area (Å²) >= 11 is 0. The monoisotopic (exact) mass is 203 g/mol. The normalized spacial score (nSPS) is 10.5. The van der Waals surface area contributed by atoms with Crippen molar-refractivity contribution < 1.29 is 0 Å². The maximum Gasteiger partial charge on any atom is 0.146 e. The van der Waals surface area contributed by atoms with Gasteiger partial charge >= 0.3 is 0 Å². The summed E-state index contributed by atoms with van der Waals surface area (Å²) in [6.45, 7) is 3.70. The van der Waals surface area contributed by atoms with E-state index in [4.69, 9.17) is 0 Å². The highest BCUT2D eigenvalue weighted by Crippen LogP contribution is 2.05. The number of pyridine rings is 1. The van der Waals surface area contributed by atoms with E-state index in [2.05, 4.69) is 27.3 Å². The van der Waals surface area contributed by atoms with Crippen LogP contribution >= 0.6 is 0 Å². The molecule has 0 spiro atoms. The lowest BCUT2D eigenvalue weighted by atomic mass is 10.4. The van der Waals surface area contributed by atoms with E-state index in [0.717, 1.165) is 24.6 Å². The first-order valence-electron chi connectivity index (χ1n) is 4.92. The van der Waals surface area contributed by atoms with Crippen LogP contribution in [0.15, 0.2) is 30.9 Å². The summed E-state index contributed by atoms with van der Waals surface area (Å²) in [6.07, 6.45) is 5.05. The van der Waals surface area contributed by atoms with Gasteiger partial charge in [0.05, 0.1) is 12.2 Å². The molecule has 2 aromatic heterocycles. The summed E-state index contributed by atoms with van der Waals surface area (Å²) in [5, 5.41) is 7.40. The third-order valence-corrected chi connectivity index (χ3v) is 2.06. The van der Waals surface area contributed by atoms with Crippen molar-refractivity contribution >= 4 is 0 Å². The van der Waals surface area contributed by atoms with Gasteiger partial charge in [-0.15, -0.1) is 0 Å². The van der Waals surface area contributed by atoms with Crippen LogP contribution in [0.5, 0.6) is 0 Å². The van der Waals surface area contributed by atoms with Crippen LogP contribution in [0.2, 0.25) is 0 Å². The topological polar surface area (TPSA) is 55.6 Å². The second-order valence-corrected chi connectivity index (χ2v) is 3.07. The zero-order valence-electron chi connectivity index (χ0n) is 8.59. The molecule has 2 aromatic rings. The average Bonchev–Trinajstić information content (AvgIpc) is 2.75. The van der Waals surface area contributed by atoms with Crippen molar-refractivity contribution in [1.29, 1.82) is 0 Å². The molecule has 2 rings (SSSR count). The van der Waals surface area contributed by atoms with Gasteiger partial charge < -0.3 is 5.32 Å². The standard InChI is InChI=1S/C10H13N5/c1-2-11-7-10-13-8-14-15(10)9-3-5-12-6-4-9/h3-6,8,11H,2,7H2,1H3. The largest absolute Gasteiger partial charge is 0.310 e. The van der Waals surface area contributed by atoms with Crippen LogP contribution in [0.4, 0.5) is 0 Å². The summed E-state index contributed by atoms with van der Waals surface area (Å²) < 4.78 is 1.81. The molecule has 78 valence electrons. The van der Waals surface area contributed by atoms with Crippen molar-refractivity contribution in [3.63, 3.8) is 0 Å². The maximum atomic E-state index is 4.20. The van der Waals surface area contributed by atoms with Gasteiger partial charge in [0.15, 0.2) is 0 Å². The van der Waals surface area contributed by atoms with Crippen LogP contribution in [-0.2, 0) is 6.54 Å². The Morgan fingerprint density at radius 1 is 1.33 bits per heavy atom. The highest BCUT2D eigenvalue weighted by atomic mass is 15.3. The number of hydrogen-bond acceptors (Lipinski definition) is 4. The molecule has 0 fully saturated rings. The molecule has 1 N–H and O–H groups in total. The SMILES string of the molecule is CCNCc1ncnn1-c1ccncc1. The van der Waals surface area contributed by atoms with Crippen LogP contribution in [0.1, 0.15) is 12.7 Å². The zero-order chi connectivity index (χ0) is 10.5. The average molecular weight is 203 g/mol. The van der Waals surface area contributed by atoms with E-state index >= 15 is 0 Å². The molecule has 0 aliphatic carbocycles. The zero-order valence-corrected chi connectivity index (χ0v) is 8.59. The van der Waals surface area contributed by atoms with Gasteiger partial charge in [-0.3, -0.25) is 4.98 Å². The van der Waals surface area contributed by atoms with Crippen LogP contribution in [0.3, 0.4) is 0 Å². The summed E-state index contributed by atoms with van der Waals surface area (Å²) in [5.41, 5.74) is 0.982. The number of hydrogen-bond donors (Lipinski definition) is 1. The predicted octanol–water partition coefficient (Wildman–Crippen LogP) is 0.772. The second kappa shape index (κ2) is 4.65. The lowest BCUT2D eigenvalue weighted by molar-refractivity contribution is 0.664. The molecular formula is C10H13N5. The molecule has 5 heteroatoms. The molecule has 0 amide bonds. The minimum absolute atomic E-state index is 0.721. The van der Waals surface area contributed by atoms with E-state index in [1.165, 1.54) is 0 Å². The Balaban J connectivity index is 2.25. The van der Waals surface area contributed by atoms with E-state index in [1.54, 1.807) is 18.7 Å². The fourth-order valence-corrected chi connectivity index (χ4v) is 1.32. The third kappa shape index (κ3) is 2.19. The Hall–Kier alpha value is -1.75. The van der Waals surface area contributed by atoms with Crippen molar-refractivity contribution in [2.75, 3.05) is 6.54 Å². The highest BCUT2D eigenvalue weighted by molar-refractivity contribution is 5.28. The smallest absolute Gasteiger partial charge is 0.146 e. The van der Waals surface area contributed by atoms with Crippen molar-refractivity contribution in [2.45, 2.75) is 13.5 Å². The molecule has 0 bridgehead atoms. The predicted molar refractivity (Wildman–Crippen MR) is 56.5 cm³/mol. The van der Waals surface area contributed by atoms with Gasteiger partial charge in [-0.2, -0.15) is 5.10 Å². The molecule has 0 saturated carbocycles. The molecule has 5 nitrogen and oxygen atoms in total. The molecule has 2 heterocycles. The lowest BCUT2D eigenvalue weighted by Gasteiger charge is -2.05. The Kier molecular flexibility index (Phi) is 3.04. The molecule has 0 radical (unpaired) electrons. The van der Waals surface area contributed by atoms with Crippen LogP contribution < -0.4 is 5.32 Å². The van der Waals surface area contributed by atoms with E-state index in [9.17, 15) is 0 Å².